The number of aromatic nitrogens is 1. The van der Waals surface area contributed by atoms with Crippen molar-refractivity contribution >= 4 is 21.9 Å². The highest BCUT2D eigenvalue weighted by Gasteiger charge is 2.39. The average molecular weight is 313 g/mol. The summed E-state index contributed by atoms with van der Waals surface area (Å²) >= 11 is 0. The molecule has 1 aliphatic rings. The molecule has 0 aliphatic carbocycles. The maximum atomic E-state index is 12.4. The number of carbonyl (C=O) groups excluding carboxylic acids is 1. The predicted molar refractivity (Wildman–Crippen MR) is 59.9 cm³/mol. The SMILES string of the molecule is NS(=O)(=O)CC1CC(=O)N(c2nc(C(F)(F)F)co2)C1. The van der Waals surface area contributed by atoms with Crippen LogP contribution in [-0.2, 0) is 21.0 Å². The third-order valence-corrected chi connectivity index (χ3v) is 3.62. The van der Waals surface area contributed by atoms with Crippen LogP contribution in [0.15, 0.2) is 10.7 Å². The van der Waals surface area contributed by atoms with Crippen LogP contribution in [0.5, 0.6) is 0 Å². The molecule has 112 valence electrons. The highest BCUT2D eigenvalue weighted by Crippen LogP contribution is 2.32. The van der Waals surface area contributed by atoms with Crippen LogP contribution < -0.4 is 10.0 Å². The van der Waals surface area contributed by atoms with Crippen molar-refractivity contribution in [1.82, 2.24) is 4.98 Å². The number of alkyl halides is 3. The molecule has 0 radical (unpaired) electrons. The van der Waals surface area contributed by atoms with Gasteiger partial charge in [0.2, 0.25) is 15.9 Å². The first-order chi connectivity index (χ1) is 9.06. The molecule has 2 rings (SSSR count). The van der Waals surface area contributed by atoms with Crippen molar-refractivity contribution in [2.24, 2.45) is 11.1 Å². The minimum atomic E-state index is -4.68. The molecular weight excluding hydrogens is 303 g/mol. The van der Waals surface area contributed by atoms with Crippen LogP contribution in [0, 0.1) is 5.92 Å². The lowest BCUT2D eigenvalue weighted by Crippen LogP contribution is -2.27. The fourth-order valence-corrected chi connectivity index (χ4v) is 2.81. The maximum absolute atomic E-state index is 12.4. The Balaban J connectivity index is 2.14. The van der Waals surface area contributed by atoms with Gasteiger partial charge in [-0.15, -0.1) is 0 Å². The first kappa shape index (κ1) is 14.8. The van der Waals surface area contributed by atoms with Crippen LogP contribution in [0.25, 0.3) is 0 Å². The number of nitrogens with two attached hydrogens (primary N) is 1. The van der Waals surface area contributed by atoms with Crippen molar-refractivity contribution < 1.29 is 30.8 Å². The van der Waals surface area contributed by atoms with Gasteiger partial charge in [-0.25, -0.2) is 13.6 Å². The molecule has 2 N–H and O–H groups in total. The molecule has 1 atom stereocenters. The highest BCUT2D eigenvalue weighted by molar-refractivity contribution is 7.89. The van der Waals surface area contributed by atoms with E-state index in [-0.39, 0.29) is 13.0 Å². The molecule has 1 amide bonds. The van der Waals surface area contributed by atoms with Crippen molar-refractivity contribution in [3.05, 3.63) is 12.0 Å². The number of rotatable bonds is 3. The van der Waals surface area contributed by atoms with Crippen molar-refractivity contribution in [2.75, 3.05) is 17.2 Å². The summed E-state index contributed by atoms with van der Waals surface area (Å²) in [7, 11) is -3.76. The second-order valence-electron chi connectivity index (χ2n) is 4.42. The molecule has 7 nitrogen and oxygen atoms in total. The first-order valence-corrected chi connectivity index (χ1v) is 7.11. The number of nitrogens with zero attached hydrogens (tertiary/aromatic N) is 2. The van der Waals surface area contributed by atoms with E-state index < -0.39 is 45.5 Å². The van der Waals surface area contributed by atoms with E-state index in [2.05, 4.69) is 9.40 Å². The number of carbonyl (C=O) groups is 1. The van der Waals surface area contributed by atoms with Gasteiger partial charge in [-0.3, -0.25) is 9.69 Å². The summed E-state index contributed by atoms with van der Waals surface area (Å²) in [4.78, 5) is 15.7. The number of hydrogen-bond donors (Lipinski definition) is 1. The quantitative estimate of drug-likeness (QED) is 0.865. The largest absolute Gasteiger partial charge is 0.436 e. The number of amides is 1. The molecular formula is C9H10F3N3O4S. The van der Waals surface area contributed by atoms with Crippen LogP contribution in [0.2, 0.25) is 0 Å². The smallest absolute Gasteiger partial charge is 0.431 e. The average Bonchev–Trinajstić information content (AvgIpc) is 2.81. The van der Waals surface area contributed by atoms with Gasteiger partial charge in [0.15, 0.2) is 5.69 Å². The second kappa shape index (κ2) is 4.74. The van der Waals surface area contributed by atoms with Crippen molar-refractivity contribution in [3.63, 3.8) is 0 Å². The first-order valence-electron chi connectivity index (χ1n) is 5.40. The molecule has 0 spiro atoms. The predicted octanol–water partition coefficient (Wildman–Crippen LogP) is 0.335. The Kier molecular flexibility index (Phi) is 3.50. The van der Waals surface area contributed by atoms with Crippen LogP contribution in [0.3, 0.4) is 0 Å². The zero-order valence-electron chi connectivity index (χ0n) is 9.92. The normalized spacial score (nSPS) is 20.7. The van der Waals surface area contributed by atoms with Crippen LogP contribution in [-0.4, -0.2) is 31.6 Å². The third-order valence-electron chi connectivity index (χ3n) is 2.69. The molecule has 20 heavy (non-hydrogen) atoms. The van der Waals surface area contributed by atoms with Crippen molar-refractivity contribution in [2.45, 2.75) is 12.6 Å². The topological polar surface area (TPSA) is 106 Å². The summed E-state index contributed by atoms with van der Waals surface area (Å²) in [6.45, 7) is -0.104. The van der Waals surface area contributed by atoms with Gasteiger partial charge in [0.25, 0.3) is 0 Å². The molecule has 1 aliphatic heterocycles. The van der Waals surface area contributed by atoms with E-state index in [0.29, 0.717) is 6.26 Å². The van der Waals surface area contributed by atoms with Gasteiger partial charge in [0.05, 0.1) is 5.75 Å². The highest BCUT2D eigenvalue weighted by atomic mass is 32.2. The molecule has 1 aromatic heterocycles. The summed E-state index contributed by atoms with van der Waals surface area (Å²) in [5, 5.41) is 4.86. The Hall–Kier alpha value is -1.62. The Bertz CT molecular complexity index is 625. The lowest BCUT2D eigenvalue weighted by Gasteiger charge is -2.11. The van der Waals surface area contributed by atoms with Gasteiger partial charge in [0.1, 0.15) is 6.26 Å². The van der Waals surface area contributed by atoms with E-state index in [1.54, 1.807) is 0 Å². The lowest BCUT2D eigenvalue weighted by molar-refractivity contribution is -0.141. The maximum Gasteiger partial charge on any atom is 0.436 e. The van der Waals surface area contributed by atoms with E-state index in [1.165, 1.54) is 0 Å². The van der Waals surface area contributed by atoms with Crippen molar-refractivity contribution in [1.29, 1.82) is 0 Å². The Morgan fingerprint density at radius 2 is 2.15 bits per heavy atom. The molecule has 1 fully saturated rings. The fourth-order valence-electron chi connectivity index (χ4n) is 1.93. The van der Waals surface area contributed by atoms with E-state index >= 15 is 0 Å². The molecule has 1 saturated heterocycles. The monoisotopic (exact) mass is 313 g/mol. The standard InChI is InChI=1S/C9H10F3N3O4S/c10-9(11,12)6-3-19-8(14-6)15-2-5(1-7(15)16)4-20(13,17)18/h3,5H,1-2,4H2,(H2,13,17,18). The van der Waals surface area contributed by atoms with E-state index in [1.807, 2.05) is 0 Å². The fraction of sp³-hybridized carbons (Fsp3) is 0.556. The second-order valence-corrected chi connectivity index (χ2v) is 6.08. The van der Waals surface area contributed by atoms with E-state index in [9.17, 15) is 26.4 Å². The van der Waals surface area contributed by atoms with Crippen molar-refractivity contribution in [3.8, 4) is 0 Å². The van der Waals surface area contributed by atoms with Gasteiger partial charge in [0, 0.05) is 18.9 Å². The number of halogens is 3. The molecule has 0 bridgehead atoms. The van der Waals surface area contributed by atoms with Gasteiger partial charge in [-0.05, 0) is 0 Å². The van der Waals surface area contributed by atoms with E-state index in [4.69, 9.17) is 5.14 Å². The number of primary sulfonamides is 1. The van der Waals surface area contributed by atoms with Crippen LogP contribution >= 0.6 is 0 Å². The zero-order valence-corrected chi connectivity index (χ0v) is 10.7. The molecule has 0 aromatic carbocycles. The third kappa shape index (κ3) is 3.28. The van der Waals surface area contributed by atoms with Gasteiger partial charge >= 0.3 is 12.2 Å². The Morgan fingerprint density at radius 3 is 2.65 bits per heavy atom. The Morgan fingerprint density at radius 1 is 1.50 bits per heavy atom. The van der Waals surface area contributed by atoms with Crippen LogP contribution in [0.4, 0.5) is 19.2 Å². The molecule has 1 aromatic rings. The minimum Gasteiger partial charge on any atom is -0.431 e. The van der Waals surface area contributed by atoms with Gasteiger partial charge in [-0.2, -0.15) is 18.2 Å². The molecule has 0 saturated carbocycles. The Labute approximate surface area is 111 Å². The van der Waals surface area contributed by atoms with Gasteiger partial charge < -0.3 is 4.42 Å². The number of anilines is 1. The summed E-state index contributed by atoms with van der Waals surface area (Å²) in [5.41, 5.74) is -1.25. The number of hydrogen-bond acceptors (Lipinski definition) is 5. The van der Waals surface area contributed by atoms with Gasteiger partial charge in [-0.1, -0.05) is 0 Å². The minimum absolute atomic E-state index is 0.104. The summed E-state index contributed by atoms with van der Waals surface area (Å²) in [5.74, 6) is -1.59. The molecule has 1 unspecified atom stereocenters. The zero-order chi connectivity index (χ0) is 15.1. The summed E-state index contributed by atoms with van der Waals surface area (Å²) in [6, 6.07) is -0.501. The number of sulfonamides is 1. The van der Waals surface area contributed by atoms with E-state index in [0.717, 1.165) is 4.90 Å². The molecule has 11 heteroatoms. The van der Waals surface area contributed by atoms with Crippen LogP contribution in [0.1, 0.15) is 12.1 Å². The number of oxazole rings is 1. The summed E-state index contributed by atoms with van der Waals surface area (Å²) in [6.07, 6.45) is -4.42. The molecule has 2 heterocycles. The summed E-state index contributed by atoms with van der Waals surface area (Å²) < 4.78 is 63.6. The lowest BCUT2D eigenvalue weighted by atomic mass is 10.1.